The average molecular weight is 279 g/mol. The van der Waals surface area contributed by atoms with Crippen molar-refractivity contribution >= 4 is 23.2 Å². The molecular formula is C15H19ClN2O. The molecule has 2 rings (SSSR count). The minimum absolute atomic E-state index is 0.240. The normalized spacial score (nSPS) is 19.1. The summed E-state index contributed by atoms with van der Waals surface area (Å²) in [6.45, 7) is 2.23. The van der Waals surface area contributed by atoms with Gasteiger partial charge in [-0.1, -0.05) is 37.1 Å². The molecule has 0 aliphatic heterocycles. The van der Waals surface area contributed by atoms with Gasteiger partial charge in [-0.15, -0.1) is 0 Å². The molecule has 1 aliphatic carbocycles. The summed E-state index contributed by atoms with van der Waals surface area (Å²) >= 11 is 5.97. The smallest absolute Gasteiger partial charge is 0.267 e. The van der Waals surface area contributed by atoms with Crippen molar-refractivity contribution in [1.82, 2.24) is 5.43 Å². The van der Waals surface area contributed by atoms with Gasteiger partial charge < -0.3 is 0 Å². The minimum atomic E-state index is -0.240. The topological polar surface area (TPSA) is 41.5 Å². The molecule has 1 N–H and O–H groups in total. The van der Waals surface area contributed by atoms with Crippen molar-refractivity contribution in [3.05, 3.63) is 34.9 Å². The molecule has 3 nitrogen and oxygen atoms in total. The van der Waals surface area contributed by atoms with Crippen molar-refractivity contribution in [2.75, 3.05) is 0 Å². The fourth-order valence-electron chi connectivity index (χ4n) is 2.37. The molecule has 0 aromatic heterocycles. The van der Waals surface area contributed by atoms with E-state index in [1.807, 2.05) is 0 Å². The van der Waals surface area contributed by atoms with Gasteiger partial charge >= 0.3 is 0 Å². The molecule has 0 heterocycles. The number of hydrogen-bond acceptors (Lipinski definition) is 2. The van der Waals surface area contributed by atoms with Crippen molar-refractivity contribution < 1.29 is 4.79 Å². The Labute approximate surface area is 119 Å². The molecule has 1 amide bonds. The highest BCUT2D eigenvalue weighted by Crippen LogP contribution is 2.24. The number of nitrogens with one attached hydrogen (secondary N) is 1. The quantitative estimate of drug-likeness (QED) is 0.834. The van der Waals surface area contributed by atoms with Crippen molar-refractivity contribution in [3.63, 3.8) is 0 Å². The van der Waals surface area contributed by atoms with Gasteiger partial charge in [0.1, 0.15) is 0 Å². The maximum Gasteiger partial charge on any atom is 0.272 e. The van der Waals surface area contributed by atoms with Gasteiger partial charge in [0.15, 0.2) is 0 Å². The Morgan fingerprint density at radius 3 is 2.68 bits per heavy atom. The molecule has 1 aromatic carbocycles. The lowest BCUT2D eigenvalue weighted by Gasteiger charge is -2.21. The van der Waals surface area contributed by atoms with E-state index in [0.29, 0.717) is 10.6 Å². The maximum atomic E-state index is 11.9. The van der Waals surface area contributed by atoms with Gasteiger partial charge in [0, 0.05) is 5.71 Å². The molecule has 0 atom stereocenters. The molecule has 1 fully saturated rings. The predicted octanol–water partition coefficient (Wildman–Crippen LogP) is 4.03. The van der Waals surface area contributed by atoms with Crippen LogP contribution in [0.15, 0.2) is 29.4 Å². The SMILES string of the molecule is CCC1CCC(=NNC(=O)c2ccccc2Cl)CC1. The van der Waals surface area contributed by atoms with Crippen LogP contribution in [-0.2, 0) is 0 Å². The summed E-state index contributed by atoms with van der Waals surface area (Å²) in [4.78, 5) is 11.9. The second kappa shape index (κ2) is 6.71. The molecular weight excluding hydrogens is 260 g/mol. The van der Waals surface area contributed by atoms with E-state index in [0.717, 1.165) is 24.5 Å². The second-order valence-electron chi connectivity index (χ2n) is 4.95. The van der Waals surface area contributed by atoms with Crippen molar-refractivity contribution in [2.24, 2.45) is 11.0 Å². The zero-order valence-corrected chi connectivity index (χ0v) is 11.9. The van der Waals surface area contributed by atoms with Gasteiger partial charge in [-0.05, 0) is 43.7 Å². The molecule has 1 aromatic rings. The zero-order valence-electron chi connectivity index (χ0n) is 11.2. The highest BCUT2D eigenvalue weighted by Gasteiger charge is 2.16. The summed E-state index contributed by atoms with van der Waals surface area (Å²) in [5.41, 5.74) is 4.16. The molecule has 0 bridgehead atoms. The number of hydrogen-bond donors (Lipinski definition) is 1. The summed E-state index contributed by atoms with van der Waals surface area (Å²) in [5, 5.41) is 4.68. The lowest BCUT2D eigenvalue weighted by Crippen LogP contribution is -2.22. The first-order valence-electron chi connectivity index (χ1n) is 6.81. The molecule has 19 heavy (non-hydrogen) atoms. The lowest BCUT2D eigenvalue weighted by atomic mass is 9.86. The van der Waals surface area contributed by atoms with Crippen molar-refractivity contribution in [2.45, 2.75) is 39.0 Å². The predicted molar refractivity (Wildman–Crippen MR) is 78.6 cm³/mol. The van der Waals surface area contributed by atoms with E-state index in [1.54, 1.807) is 24.3 Å². The van der Waals surface area contributed by atoms with Gasteiger partial charge in [-0.25, -0.2) is 5.43 Å². The highest BCUT2D eigenvalue weighted by molar-refractivity contribution is 6.33. The molecule has 1 aliphatic rings. The Balaban J connectivity index is 1.92. The van der Waals surface area contributed by atoms with Crippen LogP contribution in [0.4, 0.5) is 0 Å². The van der Waals surface area contributed by atoms with Crippen LogP contribution in [0.2, 0.25) is 5.02 Å². The Morgan fingerprint density at radius 1 is 1.37 bits per heavy atom. The summed E-state index contributed by atoms with van der Waals surface area (Å²) < 4.78 is 0. The van der Waals surface area contributed by atoms with E-state index < -0.39 is 0 Å². The van der Waals surface area contributed by atoms with E-state index in [2.05, 4.69) is 17.5 Å². The van der Waals surface area contributed by atoms with E-state index in [4.69, 9.17) is 11.6 Å². The van der Waals surface area contributed by atoms with Crippen LogP contribution in [0.3, 0.4) is 0 Å². The zero-order chi connectivity index (χ0) is 13.7. The summed E-state index contributed by atoms with van der Waals surface area (Å²) in [7, 11) is 0. The fraction of sp³-hybridized carbons (Fsp3) is 0.467. The van der Waals surface area contributed by atoms with E-state index >= 15 is 0 Å². The van der Waals surface area contributed by atoms with Gasteiger partial charge in [0.05, 0.1) is 10.6 Å². The maximum absolute atomic E-state index is 11.9. The first-order chi connectivity index (χ1) is 9.20. The van der Waals surface area contributed by atoms with Crippen LogP contribution in [0, 0.1) is 5.92 Å². The second-order valence-corrected chi connectivity index (χ2v) is 5.36. The van der Waals surface area contributed by atoms with Crippen LogP contribution in [0.1, 0.15) is 49.4 Å². The number of nitrogens with zero attached hydrogens (tertiary/aromatic N) is 1. The number of hydrazone groups is 1. The Hall–Kier alpha value is -1.35. The van der Waals surface area contributed by atoms with Gasteiger partial charge in [0.25, 0.3) is 5.91 Å². The first kappa shape index (κ1) is 14.1. The fourth-order valence-corrected chi connectivity index (χ4v) is 2.59. The Bertz CT molecular complexity index is 475. The molecule has 0 spiro atoms. The van der Waals surface area contributed by atoms with Gasteiger partial charge in [-0.2, -0.15) is 5.10 Å². The molecule has 0 radical (unpaired) electrons. The van der Waals surface area contributed by atoms with Crippen molar-refractivity contribution in [1.29, 1.82) is 0 Å². The largest absolute Gasteiger partial charge is 0.272 e. The lowest BCUT2D eigenvalue weighted by molar-refractivity contribution is 0.0954. The number of carbonyl (C=O) groups excluding carboxylic acids is 1. The van der Waals surface area contributed by atoms with Crippen LogP contribution in [-0.4, -0.2) is 11.6 Å². The summed E-state index contributed by atoms with van der Waals surface area (Å²) in [5.74, 6) is 0.578. The van der Waals surface area contributed by atoms with Crippen LogP contribution in [0.5, 0.6) is 0 Å². The number of carbonyl (C=O) groups is 1. The highest BCUT2D eigenvalue weighted by atomic mass is 35.5. The van der Waals surface area contributed by atoms with Gasteiger partial charge in [0.2, 0.25) is 0 Å². The molecule has 0 unspecified atom stereocenters. The first-order valence-corrected chi connectivity index (χ1v) is 7.18. The van der Waals surface area contributed by atoms with Crippen LogP contribution < -0.4 is 5.43 Å². The van der Waals surface area contributed by atoms with E-state index in [1.165, 1.54) is 19.3 Å². The monoisotopic (exact) mass is 278 g/mol. The number of halogens is 1. The standard InChI is InChI=1S/C15H19ClN2O/c1-2-11-7-9-12(10-8-11)17-18-15(19)13-5-3-4-6-14(13)16/h3-6,11H,2,7-10H2,1H3,(H,18,19). The minimum Gasteiger partial charge on any atom is -0.267 e. The third-order valence-electron chi connectivity index (χ3n) is 3.69. The molecule has 0 saturated heterocycles. The van der Waals surface area contributed by atoms with E-state index in [-0.39, 0.29) is 5.91 Å². The Kier molecular flexibility index (Phi) is 4.97. The van der Waals surface area contributed by atoms with Crippen LogP contribution in [0.25, 0.3) is 0 Å². The van der Waals surface area contributed by atoms with Gasteiger partial charge in [-0.3, -0.25) is 4.79 Å². The van der Waals surface area contributed by atoms with Crippen molar-refractivity contribution in [3.8, 4) is 0 Å². The van der Waals surface area contributed by atoms with Crippen LogP contribution >= 0.6 is 11.6 Å². The van der Waals surface area contributed by atoms with E-state index in [9.17, 15) is 4.79 Å². The molecule has 1 saturated carbocycles. The number of amides is 1. The molecule has 102 valence electrons. The third kappa shape index (κ3) is 3.80. The number of benzene rings is 1. The summed E-state index contributed by atoms with van der Waals surface area (Å²) in [6.07, 6.45) is 5.57. The molecule has 4 heteroatoms. The average Bonchev–Trinajstić information content (AvgIpc) is 2.46. The summed E-state index contributed by atoms with van der Waals surface area (Å²) in [6, 6.07) is 7.00. The Morgan fingerprint density at radius 2 is 2.05 bits per heavy atom. The number of rotatable bonds is 3. The third-order valence-corrected chi connectivity index (χ3v) is 4.02.